The summed E-state index contributed by atoms with van der Waals surface area (Å²) >= 11 is 0. The minimum atomic E-state index is -0.448. The lowest BCUT2D eigenvalue weighted by atomic mass is 10.3. The lowest BCUT2D eigenvalue weighted by Gasteiger charge is -2.01. The number of hydrogen-bond acceptors (Lipinski definition) is 3. The van der Waals surface area contributed by atoms with Crippen molar-refractivity contribution in [2.75, 3.05) is 12.4 Å². The molecule has 4 nitrogen and oxygen atoms in total. The van der Waals surface area contributed by atoms with Crippen molar-refractivity contribution in [3.05, 3.63) is 30.3 Å². The number of methoxy groups -OCH3 is 1. The Bertz CT molecular complexity index is 272. The summed E-state index contributed by atoms with van der Waals surface area (Å²) in [5.74, 6) is 0. The monoisotopic (exact) mass is 195 g/mol. The Kier molecular flexibility index (Phi) is 6.77. The fraction of sp³-hybridized carbons (Fsp3) is 0.200. The number of amides is 1. The van der Waals surface area contributed by atoms with Crippen LogP contribution in [0.3, 0.4) is 0 Å². The molecule has 0 heterocycles. The maximum Gasteiger partial charge on any atom is 0.411 e. The molecule has 14 heavy (non-hydrogen) atoms. The molecule has 0 radical (unpaired) electrons. The molecule has 0 aliphatic heterocycles. The van der Waals surface area contributed by atoms with Crippen molar-refractivity contribution in [3.8, 4) is 0 Å². The number of ether oxygens (including phenoxy) is 1. The van der Waals surface area contributed by atoms with Gasteiger partial charge in [0.25, 0.3) is 0 Å². The zero-order valence-corrected chi connectivity index (χ0v) is 8.19. The van der Waals surface area contributed by atoms with E-state index >= 15 is 0 Å². The summed E-state index contributed by atoms with van der Waals surface area (Å²) in [6, 6.07) is 9.13. The zero-order valence-electron chi connectivity index (χ0n) is 8.19. The number of carbonyl (C=O) groups excluding carboxylic acids is 2. The summed E-state index contributed by atoms with van der Waals surface area (Å²) in [7, 11) is 1.33. The summed E-state index contributed by atoms with van der Waals surface area (Å²) in [4.78, 5) is 19.5. The third kappa shape index (κ3) is 5.77. The van der Waals surface area contributed by atoms with E-state index in [4.69, 9.17) is 4.79 Å². The molecule has 1 N–H and O–H groups in total. The number of aldehydes is 1. The maximum atomic E-state index is 10.6. The van der Waals surface area contributed by atoms with Crippen LogP contribution in [0.15, 0.2) is 30.3 Å². The van der Waals surface area contributed by atoms with Crippen LogP contribution in [0.5, 0.6) is 0 Å². The largest absolute Gasteiger partial charge is 0.453 e. The van der Waals surface area contributed by atoms with Crippen molar-refractivity contribution in [2.45, 2.75) is 6.92 Å². The van der Waals surface area contributed by atoms with Gasteiger partial charge in [-0.2, -0.15) is 0 Å². The number of benzene rings is 1. The SMILES string of the molecule is CC=O.COC(=O)Nc1ccccc1. The van der Waals surface area contributed by atoms with Gasteiger partial charge in [0.15, 0.2) is 0 Å². The van der Waals surface area contributed by atoms with Crippen LogP contribution in [-0.4, -0.2) is 19.5 Å². The Balaban J connectivity index is 0.000000500. The van der Waals surface area contributed by atoms with Gasteiger partial charge in [-0.05, 0) is 19.1 Å². The summed E-state index contributed by atoms with van der Waals surface area (Å²) in [6.45, 7) is 1.44. The van der Waals surface area contributed by atoms with Crippen molar-refractivity contribution in [1.82, 2.24) is 0 Å². The normalized spacial score (nSPS) is 7.86. The molecule has 0 bridgehead atoms. The Labute approximate surface area is 82.9 Å². The number of hydrogen-bond donors (Lipinski definition) is 1. The first-order valence-corrected chi connectivity index (χ1v) is 4.04. The highest BCUT2D eigenvalue weighted by Gasteiger charge is 1.96. The molecule has 0 fully saturated rings. The number of carbonyl (C=O) groups is 2. The van der Waals surface area contributed by atoms with Gasteiger partial charge in [-0.25, -0.2) is 4.79 Å². The average Bonchev–Trinajstić information content (AvgIpc) is 2.20. The molecule has 4 heteroatoms. The summed E-state index contributed by atoms with van der Waals surface area (Å²) < 4.78 is 4.40. The van der Waals surface area contributed by atoms with E-state index in [0.29, 0.717) is 0 Å². The smallest absolute Gasteiger partial charge is 0.411 e. The van der Waals surface area contributed by atoms with Crippen LogP contribution in [-0.2, 0) is 9.53 Å². The van der Waals surface area contributed by atoms with Crippen molar-refractivity contribution < 1.29 is 14.3 Å². The van der Waals surface area contributed by atoms with Gasteiger partial charge in [-0.3, -0.25) is 5.32 Å². The molecule has 0 aliphatic carbocycles. The number of para-hydroxylation sites is 1. The Morgan fingerprint density at radius 3 is 2.29 bits per heavy atom. The van der Waals surface area contributed by atoms with Crippen LogP contribution in [0, 0.1) is 0 Å². The van der Waals surface area contributed by atoms with E-state index in [9.17, 15) is 4.79 Å². The summed E-state index contributed by atoms with van der Waals surface area (Å²) in [6.07, 6.45) is 0.302. The van der Waals surface area contributed by atoms with Crippen molar-refractivity contribution in [3.63, 3.8) is 0 Å². The zero-order chi connectivity index (χ0) is 10.8. The standard InChI is InChI=1S/C8H9NO2.C2H4O/c1-11-8(10)9-7-5-3-2-4-6-7;1-2-3/h2-6H,1H3,(H,9,10);2H,1H3. The van der Waals surface area contributed by atoms with Gasteiger partial charge < -0.3 is 9.53 Å². The first-order chi connectivity index (χ1) is 6.74. The number of anilines is 1. The lowest BCUT2D eigenvalue weighted by Crippen LogP contribution is -2.10. The fourth-order valence-electron chi connectivity index (χ4n) is 0.690. The van der Waals surface area contributed by atoms with E-state index in [0.717, 1.165) is 12.0 Å². The Morgan fingerprint density at radius 2 is 1.86 bits per heavy atom. The molecule has 1 amide bonds. The predicted molar refractivity (Wildman–Crippen MR) is 54.2 cm³/mol. The van der Waals surface area contributed by atoms with Gasteiger partial charge >= 0.3 is 6.09 Å². The first-order valence-electron chi connectivity index (χ1n) is 4.04. The molecule has 0 aromatic heterocycles. The van der Waals surface area contributed by atoms with E-state index < -0.39 is 6.09 Å². The lowest BCUT2D eigenvalue weighted by molar-refractivity contribution is -0.106. The molecule has 1 aromatic carbocycles. The highest BCUT2D eigenvalue weighted by Crippen LogP contribution is 2.04. The molecule has 0 saturated heterocycles. The Morgan fingerprint density at radius 1 is 1.36 bits per heavy atom. The minimum absolute atomic E-state index is 0.448. The average molecular weight is 195 g/mol. The van der Waals surface area contributed by atoms with E-state index in [1.807, 2.05) is 18.2 Å². The summed E-state index contributed by atoms with van der Waals surface area (Å²) in [5, 5.41) is 2.53. The first kappa shape index (κ1) is 12.2. The summed E-state index contributed by atoms with van der Waals surface area (Å²) in [5.41, 5.74) is 0.736. The molecule has 1 aromatic rings. The quantitative estimate of drug-likeness (QED) is 0.698. The molecule has 0 aliphatic rings. The second kappa shape index (κ2) is 7.79. The predicted octanol–water partition coefficient (Wildman–Crippen LogP) is 2.07. The van der Waals surface area contributed by atoms with Gasteiger partial charge in [0.2, 0.25) is 0 Å². The Hall–Kier alpha value is -1.84. The second-order valence-electron chi connectivity index (χ2n) is 2.22. The molecule has 1 rings (SSSR count). The highest BCUT2D eigenvalue weighted by molar-refractivity contribution is 5.84. The van der Waals surface area contributed by atoms with Crippen LogP contribution < -0.4 is 5.32 Å². The van der Waals surface area contributed by atoms with Gasteiger partial charge in [0.1, 0.15) is 6.29 Å². The van der Waals surface area contributed by atoms with Gasteiger partial charge in [-0.15, -0.1) is 0 Å². The number of rotatable bonds is 1. The van der Waals surface area contributed by atoms with E-state index in [1.54, 1.807) is 12.1 Å². The molecule has 0 atom stereocenters. The molecule has 0 unspecified atom stereocenters. The van der Waals surface area contributed by atoms with Gasteiger partial charge in [-0.1, -0.05) is 18.2 Å². The van der Waals surface area contributed by atoms with Gasteiger partial charge in [0, 0.05) is 5.69 Å². The van der Waals surface area contributed by atoms with Crippen LogP contribution in [0.1, 0.15) is 6.92 Å². The molecular formula is C10H13NO3. The third-order valence-electron chi connectivity index (χ3n) is 1.21. The maximum absolute atomic E-state index is 10.6. The molecule has 0 saturated carbocycles. The molecule has 0 spiro atoms. The third-order valence-corrected chi connectivity index (χ3v) is 1.21. The van der Waals surface area contributed by atoms with E-state index in [2.05, 4.69) is 10.1 Å². The van der Waals surface area contributed by atoms with Crippen LogP contribution in [0.2, 0.25) is 0 Å². The topological polar surface area (TPSA) is 55.4 Å². The highest BCUT2D eigenvalue weighted by atomic mass is 16.5. The van der Waals surface area contributed by atoms with E-state index in [1.165, 1.54) is 14.0 Å². The van der Waals surface area contributed by atoms with Crippen LogP contribution >= 0.6 is 0 Å². The molecule has 76 valence electrons. The van der Waals surface area contributed by atoms with Gasteiger partial charge in [0.05, 0.1) is 7.11 Å². The second-order valence-corrected chi connectivity index (χ2v) is 2.22. The van der Waals surface area contributed by atoms with Crippen LogP contribution in [0.4, 0.5) is 10.5 Å². The van der Waals surface area contributed by atoms with E-state index in [-0.39, 0.29) is 0 Å². The fourth-order valence-corrected chi connectivity index (χ4v) is 0.690. The van der Waals surface area contributed by atoms with Crippen molar-refractivity contribution >= 4 is 18.1 Å². The van der Waals surface area contributed by atoms with Crippen LogP contribution in [0.25, 0.3) is 0 Å². The van der Waals surface area contributed by atoms with Crippen molar-refractivity contribution in [1.29, 1.82) is 0 Å². The molecular weight excluding hydrogens is 182 g/mol. The van der Waals surface area contributed by atoms with Crippen molar-refractivity contribution in [2.24, 2.45) is 0 Å². The number of nitrogens with one attached hydrogen (secondary N) is 1. The minimum Gasteiger partial charge on any atom is -0.453 e.